The van der Waals surface area contributed by atoms with Crippen LogP contribution in [0.3, 0.4) is 0 Å². The van der Waals surface area contributed by atoms with Crippen LogP contribution in [0.2, 0.25) is 0 Å². The lowest BCUT2D eigenvalue weighted by atomic mass is 9.69. The Labute approximate surface area is 232 Å². The van der Waals surface area contributed by atoms with Crippen molar-refractivity contribution in [3.05, 3.63) is 83.9 Å². The van der Waals surface area contributed by atoms with Gasteiger partial charge in [-0.1, -0.05) is 67.8 Å². The number of nitrogens with one attached hydrogen (secondary N) is 1. The third-order valence-corrected chi connectivity index (χ3v) is 8.46. The van der Waals surface area contributed by atoms with E-state index in [2.05, 4.69) is 70.9 Å². The van der Waals surface area contributed by atoms with E-state index < -0.39 is 5.41 Å². The van der Waals surface area contributed by atoms with E-state index in [0.717, 1.165) is 56.2 Å². The molecule has 5 heteroatoms. The summed E-state index contributed by atoms with van der Waals surface area (Å²) in [5, 5.41) is 3.28. The predicted octanol–water partition coefficient (Wildman–Crippen LogP) is 7.05. The lowest BCUT2D eigenvalue weighted by molar-refractivity contribution is -0.149. The molecule has 2 aliphatic rings. The molecule has 1 heterocycles. The standard InChI is InChI=1S/C34H40N2O3/c1-36(2)31-15-13-29(14-16-31)28-11-9-25(10-12-28)24-34(18-4-3-5-19-34)33(38)35-30-8-6-7-26(22-30)21-27-17-20-39-32(37)23-27/h6-16,22,27H,3-5,17-21,23-24H2,1-2H3,(H,35,38). The van der Waals surface area contributed by atoms with E-state index in [0.29, 0.717) is 18.9 Å². The van der Waals surface area contributed by atoms with Gasteiger partial charge in [0.2, 0.25) is 5.91 Å². The highest BCUT2D eigenvalue weighted by molar-refractivity contribution is 5.95. The Morgan fingerprint density at radius 3 is 2.28 bits per heavy atom. The number of cyclic esters (lactones) is 1. The van der Waals surface area contributed by atoms with Crippen LogP contribution < -0.4 is 10.2 Å². The minimum Gasteiger partial charge on any atom is -0.466 e. The lowest BCUT2D eigenvalue weighted by Gasteiger charge is -2.36. The number of ether oxygens (including phenoxy) is 1. The fourth-order valence-corrected chi connectivity index (χ4v) is 6.15. The number of rotatable bonds is 8. The number of hydrogen-bond donors (Lipinski definition) is 1. The molecule has 2 fully saturated rings. The lowest BCUT2D eigenvalue weighted by Crippen LogP contribution is -2.40. The first-order chi connectivity index (χ1) is 18.9. The molecule has 1 saturated heterocycles. The number of amides is 1. The summed E-state index contributed by atoms with van der Waals surface area (Å²) in [5.41, 5.74) is 6.38. The normalized spacial score (nSPS) is 18.7. The second-order valence-electron chi connectivity index (χ2n) is 11.6. The topological polar surface area (TPSA) is 58.6 Å². The molecule has 1 unspecified atom stereocenters. The van der Waals surface area contributed by atoms with E-state index in [9.17, 15) is 9.59 Å². The maximum atomic E-state index is 13.8. The van der Waals surface area contributed by atoms with E-state index >= 15 is 0 Å². The molecule has 0 bridgehead atoms. The zero-order chi connectivity index (χ0) is 27.2. The van der Waals surface area contributed by atoms with E-state index in [1.807, 2.05) is 26.2 Å². The van der Waals surface area contributed by atoms with Gasteiger partial charge >= 0.3 is 5.97 Å². The highest BCUT2D eigenvalue weighted by Gasteiger charge is 2.39. The van der Waals surface area contributed by atoms with Crippen LogP contribution in [0, 0.1) is 11.3 Å². The number of carbonyl (C=O) groups is 2. The monoisotopic (exact) mass is 524 g/mol. The summed E-state index contributed by atoms with van der Waals surface area (Å²) in [4.78, 5) is 27.6. The van der Waals surface area contributed by atoms with Crippen molar-refractivity contribution >= 4 is 23.3 Å². The first-order valence-corrected chi connectivity index (χ1v) is 14.3. The van der Waals surface area contributed by atoms with Crippen LogP contribution in [0.5, 0.6) is 0 Å². The second-order valence-corrected chi connectivity index (χ2v) is 11.6. The summed E-state index contributed by atoms with van der Waals surface area (Å²) in [6.07, 6.45) is 8.13. The molecule has 0 aromatic heterocycles. The molecule has 3 aromatic carbocycles. The van der Waals surface area contributed by atoms with E-state index in [1.54, 1.807) is 0 Å². The van der Waals surface area contributed by atoms with Crippen molar-refractivity contribution in [3.8, 4) is 11.1 Å². The van der Waals surface area contributed by atoms with Crippen LogP contribution >= 0.6 is 0 Å². The Morgan fingerprint density at radius 2 is 1.62 bits per heavy atom. The highest BCUT2D eigenvalue weighted by Crippen LogP contribution is 2.41. The molecular formula is C34H40N2O3. The molecule has 1 aliphatic carbocycles. The number of hydrogen-bond acceptors (Lipinski definition) is 4. The molecule has 5 nitrogen and oxygen atoms in total. The van der Waals surface area contributed by atoms with Gasteiger partial charge in [-0.25, -0.2) is 0 Å². The number of nitrogens with zero attached hydrogens (tertiary/aromatic N) is 1. The van der Waals surface area contributed by atoms with Crippen LogP contribution in [-0.2, 0) is 27.2 Å². The van der Waals surface area contributed by atoms with Crippen molar-refractivity contribution in [1.29, 1.82) is 0 Å². The van der Waals surface area contributed by atoms with Crippen molar-refractivity contribution in [1.82, 2.24) is 0 Å². The highest BCUT2D eigenvalue weighted by atomic mass is 16.5. The first kappa shape index (κ1) is 27.0. The van der Waals surface area contributed by atoms with Crippen LogP contribution in [0.1, 0.15) is 56.1 Å². The van der Waals surface area contributed by atoms with Crippen LogP contribution in [-0.4, -0.2) is 32.6 Å². The fourth-order valence-electron chi connectivity index (χ4n) is 6.15. The van der Waals surface area contributed by atoms with Crippen molar-refractivity contribution < 1.29 is 14.3 Å². The van der Waals surface area contributed by atoms with Crippen LogP contribution in [0.15, 0.2) is 72.8 Å². The van der Waals surface area contributed by atoms with Gasteiger partial charge in [-0.2, -0.15) is 0 Å². The molecule has 5 rings (SSSR count). The summed E-state index contributed by atoms with van der Waals surface area (Å²) in [7, 11) is 4.10. The Kier molecular flexibility index (Phi) is 8.35. The number of carbonyl (C=O) groups excluding carboxylic acids is 2. The van der Waals surface area contributed by atoms with Gasteiger partial charge in [0.15, 0.2) is 0 Å². The molecule has 1 amide bonds. The van der Waals surface area contributed by atoms with Crippen molar-refractivity contribution in [3.63, 3.8) is 0 Å². The van der Waals surface area contributed by atoms with Gasteiger partial charge in [0, 0.05) is 31.9 Å². The molecule has 1 N–H and O–H groups in total. The van der Waals surface area contributed by atoms with Gasteiger partial charge < -0.3 is 15.0 Å². The van der Waals surface area contributed by atoms with Gasteiger partial charge in [-0.3, -0.25) is 9.59 Å². The fraction of sp³-hybridized carbons (Fsp3) is 0.412. The summed E-state index contributed by atoms with van der Waals surface area (Å²) < 4.78 is 5.09. The van der Waals surface area contributed by atoms with E-state index in [4.69, 9.17) is 4.74 Å². The first-order valence-electron chi connectivity index (χ1n) is 14.3. The SMILES string of the molecule is CN(C)c1ccc(-c2ccc(CC3(C(=O)Nc4cccc(CC5CCOC(=O)C5)c4)CCCCC3)cc2)cc1. The van der Waals surface area contributed by atoms with Crippen LogP contribution in [0.4, 0.5) is 11.4 Å². The molecular weight excluding hydrogens is 484 g/mol. The zero-order valence-corrected chi connectivity index (χ0v) is 23.2. The zero-order valence-electron chi connectivity index (χ0n) is 23.2. The third kappa shape index (κ3) is 6.70. The maximum absolute atomic E-state index is 13.8. The minimum atomic E-state index is -0.393. The molecule has 39 heavy (non-hydrogen) atoms. The Balaban J connectivity index is 1.28. The average molecular weight is 525 g/mol. The Bertz CT molecular complexity index is 1270. The van der Waals surface area contributed by atoms with Gasteiger partial charge in [0.1, 0.15) is 0 Å². The Hall–Kier alpha value is -3.60. The predicted molar refractivity (Wildman–Crippen MR) is 158 cm³/mol. The third-order valence-electron chi connectivity index (χ3n) is 8.46. The summed E-state index contributed by atoms with van der Waals surface area (Å²) in [6.45, 7) is 0.506. The second kappa shape index (κ2) is 12.1. The van der Waals surface area contributed by atoms with E-state index in [1.165, 1.54) is 28.8 Å². The maximum Gasteiger partial charge on any atom is 0.306 e. The quantitative estimate of drug-likeness (QED) is 0.321. The number of esters is 1. The molecule has 0 radical (unpaired) electrons. The summed E-state index contributed by atoms with van der Waals surface area (Å²) >= 11 is 0. The Morgan fingerprint density at radius 1 is 0.923 bits per heavy atom. The molecule has 204 valence electrons. The molecule has 3 aromatic rings. The summed E-state index contributed by atoms with van der Waals surface area (Å²) in [5.74, 6) is 0.324. The molecule has 1 aliphatic heterocycles. The van der Waals surface area contributed by atoms with Crippen molar-refractivity contribution in [2.24, 2.45) is 11.3 Å². The van der Waals surface area contributed by atoms with Gasteiger partial charge in [0.05, 0.1) is 12.0 Å². The van der Waals surface area contributed by atoms with E-state index in [-0.39, 0.29) is 11.9 Å². The smallest absolute Gasteiger partial charge is 0.306 e. The number of anilines is 2. The van der Waals surface area contributed by atoms with Crippen molar-refractivity contribution in [2.45, 2.75) is 57.8 Å². The molecule has 1 atom stereocenters. The summed E-state index contributed by atoms with van der Waals surface area (Å²) in [6, 6.07) is 25.5. The molecule has 0 spiro atoms. The van der Waals surface area contributed by atoms with Gasteiger partial charge in [0.25, 0.3) is 0 Å². The van der Waals surface area contributed by atoms with Gasteiger partial charge in [-0.05, 0) is 84.5 Å². The minimum absolute atomic E-state index is 0.106. The van der Waals surface area contributed by atoms with Crippen molar-refractivity contribution in [2.75, 3.05) is 30.9 Å². The average Bonchev–Trinajstić information content (AvgIpc) is 2.94. The molecule has 1 saturated carbocycles. The van der Waals surface area contributed by atoms with Gasteiger partial charge in [-0.15, -0.1) is 0 Å². The number of benzene rings is 3. The largest absolute Gasteiger partial charge is 0.466 e. The van der Waals surface area contributed by atoms with Crippen LogP contribution in [0.25, 0.3) is 11.1 Å².